The van der Waals surface area contributed by atoms with Crippen molar-refractivity contribution in [2.75, 3.05) is 18.4 Å². The van der Waals surface area contributed by atoms with Crippen LogP contribution in [0, 0.1) is 12.7 Å². The molecule has 0 aliphatic carbocycles. The van der Waals surface area contributed by atoms with E-state index in [-0.39, 0.29) is 18.4 Å². The van der Waals surface area contributed by atoms with E-state index in [9.17, 15) is 14.0 Å². The van der Waals surface area contributed by atoms with Crippen molar-refractivity contribution in [2.24, 2.45) is 0 Å². The average Bonchev–Trinajstić information content (AvgIpc) is 2.92. The van der Waals surface area contributed by atoms with Crippen molar-refractivity contribution in [3.8, 4) is 0 Å². The van der Waals surface area contributed by atoms with Crippen LogP contribution < -0.4 is 5.32 Å². The monoisotopic (exact) mass is 319 g/mol. The van der Waals surface area contributed by atoms with Gasteiger partial charge in [0.1, 0.15) is 18.1 Å². The summed E-state index contributed by atoms with van der Waals surface area (Å²) in [7, 11) is 0. The van der Waals surface area contributed by atoms with Crippen LogP contribution in [0.2, 0.25) is 0 Å². The molecule has 0 spiro atoms. The third-order valence-electron chi connectivity index (χ3n) is 3.10. The third kappa shape index (κ3) is 4.64. The van der Waals surface area contributed by atoms with E-state index in [1.807, 2.05) is 6.92 Å². The minimum Gasteiger partial charge on any atom is -0.360 e. The number of halogens is 1. The number of hydrogen-bond donors (Lipinski definition) is 1. The Morgan fingerprint density at radius 3 is 2.57 bits per heavy atom. The normalized spacial score (nSPS) is 10.4. The Hall–Kier alpha value is -2.70. The number of carbonyl (C=O) groups is 2. The highest BCUT2D eigenvalue weighted by Crippen LogP contribution is 2.10. The summed E-state index contributed by atoms with van der Waals surface area (Å²) in [6, 6.07) is 6.83. The SMILES string of the molecule is CCCN(CC(=O)Nc1cc(C)on1)C(=O)c1ccc(F)cc1. The van der Waals surface area contributed by atoms with Crippen molar-refractivity contribution in [3.63, 3.8) is 0 Å². The fourth-order valence-electron chi connectivity index (χ4n) is 2.08. The zero-order chi connectivity index (χ0) is 16.8. The summed E-state index contributed by atoms with van der Waals surface area (Å²) in [4.78, 5) is 25.9. The molecule has 6 nitrogen and oxygen atoms in total. The molecule has 2 amide bonds. The van der Waals surface area contributed by atoms with Crippen molar-refractivity contribution in [1.82, 2.24) is 10.1 Å². The number of benzene rings is 1. The molecule has 0 bridgehead atoms. The number of aryl methyl sites for hydroxylation is 1. The van der Waals surface area contributed by atoms with Gasteiger partial charge in [0.25, 0.3) is 5.91 Å². The van der Waals surface area contributed by atoms with Gasteiger partial charge in [-0.05, 0) is 37.6 Å². The van der Waals surface area contributed by atoms with E-state index in [1.54, 1.807) is 13.0 Å². The van der Waals surface area contributed by atoms with Gasteiger partial charge in [0, 0.05) is 18.2 Å². The van der Waals surface area contributed by atoms with Gasteiger partial charge >= 0.3 is 0 Å². The number of hydrogen-bond acceptors (Lipinski definition) is 4. The molecule has 1 aromatic carbocycles. The Labute approximate surface area is 133 Å². The van der Waals surface area contributed by atoms with E-state index in [1.165, 1.54) is 29.2 Å². The van der Waals surface area contributed by atoms with Crippen LogP contribution in [0.4, 0.5) is 10.2 Å². The number of aromatic nitrogens is 1. The van der Waals surface area contributed by atoms with Crippen molar-refractivity contribution < 1.29 is 18.5 Å². The molecule has 1 aromatic heterocycles. The van der Waals surface area contributed by atoms with Gasteiger partial charge in [0.05, 0.1) is 0 Å². The Kier molecular flexibility index (Phi) is 5.46. The lowest BCUT2D eigenvalue weighted by Gasteiger charge is -2.21. The number of rotatable bonds is 6. The zero-order valence-electron chi connectivity index (χ0n) is 13.0. The quantitative estimate of drug-likeness (QED) is 0.888. The first-order valence-electron chi connectivity index (χ1n) is 7.27. The fourth-order valence-corrected chi connectivity index (χ4v) is 2.08. The minimum atomic E-state index is -0.414. The maximum Gasteiger partial charge on any atom is 0.254 e. The summed E-state index contributed by atoms with van der Waals surface area (Å²) >= 11 is 0. The van der Waals surface area contributed by atoms with Crippen LogP contribution in [-0.4, -0.2) is 35.0 Å². The summed E-state index contributed by atoms with van der Waals surface area (Å²) in [6.07, 6.45) is 0.698. The molecule has 1 N–H and O–H groups in total. The summed E-state index contributed by atoms with van der Waals surface area (Å²) < 4.78 is 17.8. The lowest BCUT2D eigenvalue weighted by molar-refractivity contribution is -0.116. The molecule has 0 saturated heterocycles. The minimum absolute atomic E-state index is 0.115. The smallest absolute Gasteiger partial charge is 0.254 e. The summed E-state index contributed by atoms with van der Waals surface area (Å²) in [5.74, 6) is -0.227. The molecule has 0 saturated carbocycles. The van der Waals surface area contributed by atoms with E-state index in [0.29, 0.717) is 30.1 Å². The first kappa shape index (κ1) is 16.7. The highest BCUT2D eigenvalue weighted by atomic mass is 19.1. The molecule has 0 aliphatic heterocycles. The molecule has 0 atom stereocenters. The molecule has 2 aromatic rings. The molecule has 0 aliphatic rings. The second kappa shape index (κ2) is 7.53. The maximum absolute atomic E-state index is 12.9. The molecule has 2 rings (SSSR count). The summed E-state index contributed by atoms with van der Waals surface area (Å²) in [5, 5.41) is 6.24. The van der Waals surface area contributed by atoms with Crippen molar-refractivity contribution in [3.05, 3.63) is 47.5 Å². The predicted octanol–water partition coefficient (Wildman–Crippen LogP) is 2.61. The van der Waals surface area contributed by atoms with Crippen LogP contribution in [0.5, 0.6) is 0 Å². The molecule has 7 heteroatoms. The van der Waals surface area contributed by atoms with E-state index >= 15 is 0 Å². The molecule has 23 heavy (non-hydrogen) atoms. The Balaban J connectivity index is 2.03. The first-order chi connectivity index (χ1) is 11.0. The van der Waals surface area contributed by atoms with Crippen LogP contribution in [0.3, 0.4) is 0 Å². The van der Waals surface area contributed by atoms with Gasteiger partial charge in [-0.25, -0.2) is 4.39 Å². The highest BCUT2D eigenvalue weighted by molar-refractivity contribution is 5.99. The van der Waals surface area contributed by atoms with Gasteiger partial charge in [-0.1, -0.05) is 12.1 Å². The third-order valence-corrected chi connectivity index (χ3v) is 3.10. The molecule has 0 radical (unpaired) electrons. The maximum atomic E-state index is 12.9. The van der Waals surface area contributed by atoms with Gasteiger partial charge in [-0.3, -0.25) is 9.59 Å². The summed E-state index contributed by atoms with van der Waals surface area (Å²) in [6.45, 7) is 3.92. The topological polar surface area (TPSA) is 75.4 Å². The van der Waals surface area contributed by atoms with Gasteiger partial charge in [-0.15, -0.1) is 0 Å². The van der Waals surface area contributed by atoms with Crippen molar-refractivity contribution in [1.29, 1.82) is 0 Å². The molecule has 122 valence electrons. The Morgan fingerprint density at radius 1 is 1.30 bits per heavy atom. The molecule has 1 heterocycles. The van der Waals surface area contributed by atoms with Crippen LogP contribution in [0.1, 0.15) is 29.5 Å². The van der Waals surface area contributed by atoms with Crippen LogP contribution in [0.15, 0.2) is 34.9 Å². The number of amides is 2. The number of carbonyl (C=O) groups excluding carboxylic acids is 2. The second-order valence-corrected chi connectivity index (χ2v) is 5.10. The molecular formula is C16H18FN3O3. The molecule has 0 fully saturated rings. The predicted molar refractivity (Wildman–Crippen MR) is 82.5 cm³/mol. The zero-order valence-corrected chi connectivity index (χ0v) is 13.0. The van der Waals surface area contributed by atoms with Gasteiger partial charge in [0.2, 0.25) is 5.91 Å². The first-order valence-corrected chi connectivity index (χ1v) is 7.27. The van der Waals surface area contributed by atoms with Crippen LogP contribution >= 0.6 is 0 Å². The summed E-state index contributed by atoms with van der Waals surface area (Å²) in [5.41, 5.74) is 0.338. The molecule has 0 unspecified atom stereocenters. The Bertz CT molecular complexity index is 682. The highest BCUT2D eigenvalue weighted by Gasteiger charge is 2.19. The lowest BCUT2D eigenvalue weighted by atomic mass is 10.2. The second-order valence-electron chi connectivity index (χ2n) is 5.10. The van der Waals surface area contributed by atoms with Gasteiger partial charge < -0.3 is 14.7 Å². The van der Waals surface area contributed by atoms with E-state index in [4.69, 9.17) is 4.52 Å². The molecular weight excluding hydrogens is 301 g/mol. The van der Waals surface area contributed by atoms with Crippen LogP contribution in [-0.2, 0) is 4.79 Å². The van der Waals surface area contributed by atoms with E-state index in [0.717, 1.165) is 0 Å². The van der Waals surface area contributed by atoms with E-state index in [2.05, 4.69) is 10.5 Å². The lowest BCUT2D eigenvalue weighted by Crippen LogP contribution is -2.38. The Morgan fingerprint density at radius 2 is 2.00 bits per heavy atom. The van der Waals surface area contributed by atoms with Gasteiger partial charge in [-0.2, -0.15) is 0 Å². The number of nitrogens with zero attached hydrogens (tertiary/aromatic N) is 2. The van der Waals surface area contributed by atoms with Crippen molar-refractivity contribution >= 4 is 17.6 Å². The standard InChI is InChI=1S/C16H18FN3O3/c1-3-8-20(16(22)12-4-6-13(17)7-5-12)10-15(21)18-14-9-11(2)23-19-14/h4-7,9H,3,8,10H2,1-2H3,(H,18,19,21). The van der Waals surface area contributed by atoms with Crippen molar-refractivity contribution in [2.45, 2.75) is 20.3 Å². The average molecular weight is 319 g/mol. The van der Waals surface area contributed by atoms with Gasteiger partial charge in [0.15, 0.2) is 5.82 Å². The van der Waals surface area contributed by atoms with E-state index < -0.39 is 5.82 Å². The fraction of sp³-hybridized carbons (Fsp3) is 0.312. The number of anilines is 1. The van der Waals surface area contributed by atoms with Crippen LogP contribution in [0.25, 0.3) is 0 Å². The largest absolute Gasteiger partial charge is 0.360 e. The number of nitrogens with one attached hydrogen (secondary N) is 1.